The minimum absolute atomic E-state index is 0.342. The third kappa shape index (κ3) is 4.09. The first-order chi connectivity index (χ1) is 8.28. The van der Waals surface area contributed by atoms with E-state index in [0.29, 0.717) is 12.2 Å². The van der Waals surface area contributed by atoms with E-state index in [-0.39, 0.29) is 0 Å². The van der Waals surface area contributed by atoms with Gasteiger partial charge in [0.15, 0.2) is 0 Å². The predicted octanol–water partition coefficient (Wildman–Crippen LogP) is 2.71. The normalized spacial score (nSPS) is 26.0. The Balaban J connectivity index is 1.82. The summed E-state index contributed by atoms with van der Waals surface area (Å²) in [5.74, 6) is 0. The van der Waals surface area contributed by atoms with E-state index in [4.69, 9.17) is 4.74 Å². The van der Waals surface area contributed by atoms with Gasteiger partial charge in [-0.1, -0.05) is 46.3 Å². The average molecular weight is 298 g/mol. The molecule has 94 valence electrons. The van der Waals surface area contributed by atoms with Gasteiger partial charge in [-0.3, -0.25) is 4.90 Å². The second kappa shape index (κ2) is 6.53. The fraction of sp³-hybridized carbons (Fsp3) is 0.571. The van der Waals surface area contributed by atoms with E-state index in [0.717, 1.165) is 31.4 Å². The highest BCUT2D eigenvalue weighted by molar-refractivity contribution is 9.09. The molecule has 0 radical (unpaired) electrons. The fourth-order valence-corrected chi connectivity index (χ4v) is 2.70. The number of rotatable bonds is 4. The number of alkyl halides is 1. The first kappa shape index (κ1) is 13.1. The molecule has 1 aliphatic rings. The lowest BCUT2D eigenvalue weighted by atomic mass is 10.1. The summed E-state index contributed by atoms with van der Waals surface area (Å²) in [7, 11) is 0. The molecule has 0 aromatic heterocycles. The van der Waals surface area contributed by atoms with Crippen molar-refractivity contribution in [1.82, 2.24) is 4.90 Å². The fourth-order valence-electron chi connectivity index (χ4n) is 2.34. The molecular formula is C14H20BrNO. The second-order valence-electron chi connectivity index (χ2n) is 4.72. The number of ether oxygens (including phenoxy) is 1. The Labute approximate surface area is 112 Å². The molecule has 0 saturated carbocycles. The molecule has 1 aromatic carbocycles. The van der Waals surface area contributed by atoms with Crippen LogP contribution in [0.4, 0.5) is 0 Å². The number of halogens is 1. The highest BCUT2D eigenvalue weighted by atomic mass is 79.9. The van der Waals surface area contributed by atoms with Crippen LogP contribution in [0.15, 0.2) is 30.3 Å². The zero-order valence-corrected chi connectivity index (χ0v) is 11.9. The van der Waals surface area contributed by atoms with Crippen LogP contribution >= 0.6 is 15.9 Å². The van der Waals surface area contributed by atoms with Crippen molar-refractivity contribution in [2.75, 3.05) is 25.0 Å². The van der Waals surface area contributed by atoms with Gasteiger partial charge in [0.2, 0.25) is 0 Å². The smallest absolute Gasteiger partial charge is 0.0802 e. The van der Waals surface area contributed by atoms with E-state index in [1.54, 1.807) is 0 Å². The predicted molar refractivity (Wildman–Crippen MR) is 74.7 cm³/mol. The van der Waals surface area contributed by atoms with Crippen molar-refractivity contribution < 1.29 is 4.74 Å². The van der Waals surface area contributed by atoms with Crippen LogP contribution in [0.5, 0.6) is 0 Å². The molecule has 1 saturated heterocycles. The maximum Gasteiger partial charge on any atom is 0.0802 e. The molecule has 1 fully saturated rings. The van der Waals surface area contributed by atoms with Gasteiger partial charge in [-0.25, -0.2) is 0 Å². The van der Waals surface area contributed by atoms with Crippen molar-refractivity contribution in [2.45, 2.75) is 25.6 Å². The SMILES string of the molecule is CC1CN(CCc2ccccc2)CC(CBr)O1. The second-order valence-corrected chi connectivity index (χ2v) is 5.37. The van der Waals surface area contributed by atoms with Gasteiger partial charge in [0.25, 0.3) is 0 Å². The molecule has 0 bridgehead atoms. The van der Waals surface area contributed by atoms with Crippen LogP contribution in [0.2, 0.25) is 0 Å². The topological polar surface area (TPSA) is 12.5 Å². The van der Waals surface area contributed by atoms with Crippen LogP contribution in [0.1, 0.15) is 12.5 Å². The molecule has 0 amide bonds. The molecule has 0 spiro atoms. The van der Waals surface area contributed by atoms with Crippen LogP contribution in [-0.4, -0.2) is 42.1 Å². The molecule has 1 aliphatic heterocycles. The van der Waals surface area contributed by atoms with Crippen molar-refractivity contribution in [1.29, 1.82) is 0 Å². The lowest BCUT2D eigenvalue weighted by molar-refractivity contribution is -0.0648. The summed E-state index contributed by atoms with van der Waals surface area (Å²) < 4.78 is 5.83. The molecule has 2 unspecified atom stereocenters. The highest BCUT2D eigenvalue weighted by Crippen LogP contribution is 2.13. The highest BCUT2D eigenvalue weighted by Gasteiger charge is 2.23. The third-order valence-corrected chi connectivity index (χ3v) is 3.86. The van der Waals surface area contributed by atoms with Crippen molar-refractivity contribution in [3.05, 3.63) is 35.9 Å². The molecule has 1 heterocycles. The van der Waals surface area contributed by atoms with E-state index in [1.165, 1.54) is 5.56 Å². The number of hydrogen-bond acceptors (Lipinski definition) is 2. The van der Waals surface area contributed by atoms with Crippen LogP contribution < -0.4 is 0 Å². The molecule has 1 aromatic rings. The molecule has 2 nitrogen and oxygen atoms in total. The Bertz CT molecular complexity index is 330. The van der Waals surface area contributed by atoms with Gasteiger partial charge in [-0.05, 0) is 18.9 Å². The summed E-state index contributed by atoms with van der Waals surface area (Å²) in [4.78, 5) is 2.51. The maximum absolute atomic E-state index is 5.83. The van der Waals surface area contributed by atoms with Gasteiger partial charge in [0, 0.05) is 25.0 Å². The summed E-state index contributed by atoms with van der Waals surface area (Å²) in [5, 5.41) is 0.930. The van der Waals surface area contributed by atoms with Crippen LogP contribution in [0.25, 0.3) is 0 Å². The number of benzene rings is 1. The first-order valence-corrected chi connectivity index (χ1v) is 7.38. The van der Waals surface area contributed by atoms with Gasteiger partial charge in [0.1, 0.15) is 0 Å². The summed E-state index contributed by atoms with van der Waals surface area (Å²) in [6.07, 6.45) is 1.82. The van der Waals surface area contributed by atoms with Crippen molar-refractivity contribution >= 4 is 15.9 Å². The molecule has 0 aliphatic carbocycles. The lowest BCUT2D eigenvalue weighted by Gasteiger charge is -2.36. The van der Waals surface area contributed by atoms with Gasteiger partial charge in [-0.2, -0.15) is 0 Å². The van der Waals surface area contributed by atoms with Crippen molar-refractivity contribution in [3.63, 3.8) is 0 Å². The summed E-state index contributed by atoms with van der Waals surface area (Å²) in [5.41, 5.74) is 1.42. The number of hydrogen-bond donors (Lipinski definition) is 0. The molecule has 2 rings (SSSR count). The van der Waals surface area contributed by atoms with Crippen LogP contribution in [0.3, 0.4) is 0 Å². The minimum Gasteiger partial charge on any atom is -0.372 e. The Hall–Kier alpha value is -0.380. The average Bonchev–Trinajstić information content (AvgIpc) is 2.37. The maximum atomic E-state index is 5.83. The van der Waals surface area contributed by atoms with Crippen molar-refractivity contribution in [3.8, 4) is 0 Å². The molecule has 17 heavy (non-hydrogen) atoms. The number of nitrogens with zero attached hydrogens (tertiary/aromatic N) is 1. The van der Waals surface area contributed by atoms with E-state index >= 15 is 0 Å². The molecular weight excluding hydrogens is 278 g/mol. The Morgan fingerprint density at radius 2 is 2.06 bits per heavy atom. The van der Waals surface area contributed by atoms with Gasteiger partial charge in [0.05, 0.1) is 12.2 Å². The summed E-state index contributed by atoms with van der Waals surface area (Å²) >= 11 is 3.51. The molecule has 2 atom stereocenters. The Morgan fingerprint density at radius 1 is 1.29 bits per heavy atom. The first-order valence-electron chi connectivity index (χ1n) is 6.25. The van der Waals surface area contributed by atoms with Crippen LogP contribution in [0, 0.1) is 0 Å². The van der Waals surface area contributed by atoms with Gasteiger partial charge < -0.3 is 4.74 Å². The zero-order chi connectivity index (χ0) is 12.1. The quantitative estimate of drug-likeness (QED) is 0.793. The Morgan fingerprint density at radius 3 is 2.76 bits per heavy atom. The standard InChI is InChI=1S/C14H20BrNO/c1-12-10-16(11-14(9-15)17-12)8-7-13-5-3-2-4-6-13/h2-6,12,14H,7-11H2,1H3. The van der Waals surface area contributed by atoms with Gasteiger partial charge in [-0.15, -0.1) is 0 Å². The van der Waals surface area contributed by atoms with E-state index in [2.05, 4.69) is 58.1 Å². The summed E-state index contributed by atoms with van der Waals surface area (Å²) in [6.45, 7) is 5.38. The molecule has 0 N–H and O–H groups in total. The van der Waals surface area contributed by atoms with E-state index in [1.807, 2.05) is 0 Å². The van der Waals surface area contributed by atoms with Crippen LogP contribution in [-0.2, 0) is 11.2 Å². The number of morpholine rings is 1. The zero-order valence-electron chi connectivity index (χ0n) is 10.3. The van der Waals surface area contributed by atoms with E-state index in [9.17, 15) is 0 Å². The minimum atomic E-state index is 0.342. The monoisotopic (exact) mass is 297 g/mol. The van der Waals surface area contributed by atoms with Crippen molar-refractivity contribution in [2.24, 2.45) is 0 Å². The largest absolute Gasteiger partial charge is 0.372 e. The molecule has 3 heteroatoms. The summed E-state index contributed by atoms with van der Waals surface area (Å²) in [6, 6.07) is 10.7. The lowest BCUT2D eigenvalue weighted by Crippen LogP contribution is -2.47. The van der Waals surface area contributed by atoms with E-state index < -0.39 is 0 Å². The third-order valence-electron chi connectivity index (χ3n) is 3.13. The Kier molecular flexibility index (Phi) is 5.01. The van der Waals surface area contributed by atoms with Gasteiger partial charge >= 0.3 is 0 Å².